The van der Waals surface area contributed by atoms with Crippen LogP contribution in [0.2, 0.25) is 0 Å². The quantitative estimate of drug-likeness (QED) is 0.367. The van der Waals surface area contributed by atoms with Crippen LogP contribution in [0.4, 0.5) is 13.2 Å². The molecular weight excluding hydrogens is 435 g/mol. The summed E-state index contributed by atoms with van der Waals surface area (Å²) < 4.78 is 45.4. The summed E-state index contributed by atoms with van der Waals surface area (Å²) in [5.74, 6) is -3.66. The highest BCUT2D eigenvalue weighted by atomic mass is 32.1. The first-order valence-corrected chi connectivity index (χ1v) is 11.0. The van der Waals surface area contributed by atoms with Gasteiger partial charge in [-0.3, -0.25) is 14.5 Å². The number of amides is 1. The van der Waals surface area contributed by atoms with E-state index in [-0.39, 0.29) is 12.0 Å². The average Bonchev–Trinajstić information content (AvgIpc) is 3.02. The summed E-state index contributed by atoms with van der Waals surface area (Å²) >= 11 is 3.77. The second-order valence-corrected chi connectivity index (χ2v) is 8.68. The predicted octanol–water partition coefficient (Wildman–Crippen LogP) is 5.13. The number of alkyl halides is 2. The van der Waals surface area contributed by atoms with Crippen molar-refractivity contribution in [3.63, 3.8) is 0 Å². The lowest BCUT2D eigenvalue weighted by Crippen LogP contribution is -2.46. The number of carbonyl (C=O) groups is 1. The molecule has 1 aromatic carbocycles. The molecule has 1 aliphatic carbocycles. The molecule has 0 radical (unpaired) electrons. The zero-order chi connectivity index (χ0) is 23.5. The topological polar surface area (TPSA) is 45.2 Å². The van der Waals surface area contributed by atoms with E-state index < -0.39 is 30.4 Å². The molecule has 8 heteroatoms. The Morgan fingerprint density at radius 1 is 1.16 bits per heavy atom. The van der Waals surface area contributed by atoms with Crippen molar-refractivity contribution in [3.05, 3.63) is 64.6 Å². The minimum atomic E-state index is -3.14. The number of aromatic nitrogens is 1. The Labute approximate surface area is 192 Å². The molecule has 32 heavy (non-hydrogen) atoms. The second kappa shape index (κ2) is 10.1. The third-order valence-electron chi connectivity index (χ3n) is 6.21. The summed E-state index contributed by atoms with van der Waals surface area (Å²) in [5, 5.41) is 0. The highest BCUT2D eigenvalue weighted by Gasteiger charge is 2.53. The monoisotopic (exact) mass is 463 g/mol. The van der Waals surface area contributed by atoms with E-state index in [4.69, 9.17) is 0 Å². The van der Waals surface area contributed by atoms with Crippen LogP contribution in [-0.2, 0) is 11.2 Å². The van der Waals surface area contributed by atoms with Crippen LogP contribution in [0.15, 0.2) is 47.5 Å². The van der Waals surface area contributed by atoms with Gasteiger partial charge in [-0.1, -0.05) is 42.2 Å². The van der Waals surface area contributed by atoms with E-state index in [1.54, 1.807) is 48.4 Å². The number of rotatable bonds is 5. The molecule has 2 aromatic rings. The lowest BCUT2D eigenvalue weighted by atomic mass is 9.92. The summed E-state index contributed by atoms with van der Waals surface area (Å²) in [6.45, 7) is 5.49. The number of allylic oxidation sites excluding steroid dienone is 2. The Morgan fingerprint density at radius 2 is 1.81 bits per heavy atom. The van der Waals surface area contributed by atoms with Crippen molar-refractivity contribution in [1.29, 1.82) is 0 Å². The predicted molar refractivity (Wildman–Crippen MR) is 123 cm³/mol. The largest absolute Gasteiger partial charge is 0.334 e. The minimum absolute atomic E-state index is 0.0575. The van der Waals surface area contributed by atoms with Crippen LogP contribution in [0.25, 0.3) is 11.3 Å². The van der Waals surface area contributed by atoms with Crippen molar-refractivity contribution in [1.82, 2.24) is 14.6 Å². The van der Waals surface area contributed by atoms with Gasteiger partial charge in [0.05, 0.1) is 18.3 Å². The number of halogens is 3. The number of thiol groups is 1. The minimum Gasteiger partial charge on any atom is -0.334 e. The Hall–Kier alpha value is -2.32. The molecule has 1 aromatic heterocycles. The van der Waals surface area contributed by atoms with E-state index >= 15 is 4.39 Å². The fourth-order valence-corrected chi connectivity index (χ4v) is 4.30. The van der Waals surface area contributed by atoms with E-state index in [2.05, 4.69) is 36.4 Å². The summed E-state index contributed by atoms with van der Waals surface area (Å²) in [4.78, 5) is 16.5. The highest BCUT2D eigenvalue weighted by Crippen LogP contribution is 2.35. The standard InChI is InChI=1S/C18H18F3N3OS.C6H10/c1-11-4-2-7-14(22-11)13-6-3-5-12(16(13)19)8-15-17(23-26)18(20,21)9-24(15)10-25;1-5-3-4-6(5)2/h2-7,10,15,17,23,26H,8-9H2,1H3;3-4H2,1-2H3. The van der Waals surface area contributed by atoms with Gasteiger partial charge in [0.15, 0.2) is 0 Å². The van der Waals surface area contributed by atoms with Gasteiger partial charge in [0.1, 0.15) is 11.9 Å². The van der Waals surface area contributed by atoms with Crippen LogP contribution in [-0.4, -0.2) is 40.8 Å². The third kappa shape index (κ3) is 5.18. The smallest absolute Gasteiger partial charge is 0.283 e. The molecule has 1 fully saturated rings. The fourth-order valence-electron chi connectivity index (χ4n) is 3.94. The molecule has 2 atom stereocenters. The molecule has 1 N–H and O–H groups in total. The van der Waals surface area contributed by atoms with Gasteiger partial charge < -0.3 is 4.90 Å². The van der Waals surface area contributed by atoms with Gasteiger partial charge in [-0.2, -0.15) is 0 Å². The fraction of sp³-hybridized carbons (Fsp3) is 0.417. The Morgan fingerprint density at radius 3 is 2.34 bits per heavy atom. The number of hydrogen-bond acceptors (Lipinski definition) is 4. The second-order valence-electron chi connectivity index (χ2n) is 8.42. The van der Waals surface area contributed by atoms with Crippen LogP contribution < -0.4 is 4.72 Å². The van der Waals surface area contributed by atoms with Crippen molar-refractivity contribution in [2.24, 2.45) is 0 Å². The van der Waals surface area contributed by atoms with E-state index in [1.807, 2.05) is 0 Å². The summed E-state index contributed by atoms with van der Waals surface area (Å²) in [6, 6.07) is 7.77. The average molecular weight is 464 g/mol. The normalized spacial score (nSPS) is 21.7. The number of pyridine rings is 1. The van der Waals surface area contributed by atoms with Crippen LogP contribution in [0.1, 0.15) is 37.9 Å². The Bertz CT molecular complexity index is 1000. The van der Waals surface area contributed by atoms with Crippen molar-refractivity contribution < 1.29 is 18.0 Å². The maximum absolute atomic E-state index is 15.0. The first-order chi connectivity index (χ1) is 15.2. The number of likely N-dealkylation sites (tertiary alicyclic amines) is 1. The first kappa shape index (κ1) is 24.3. The van der Waals surface area contributed by atoms with Crippen LogP contribution >= 0.6 is 12.8 Å². The molecule has 0 saturated carbocycles. The molecule has 4 rings (SSSR count). The van der Waals surface area contributed by atoms with Crippen LogP contribution in [0.5, 0.6) is 0 Å². The SMILES string of the molecule is CC1=C(C)CC1.Cc1cccc(-c2cccc(CC3C(NS)C(F)(F)CN3C=O)c2F)n1. The van der Waals surface area contributed by atoms with Gasteiger partial charge in [-0.15, -0.1) is 0 Å². The number of carbonyl (C=O) groups excluding carboxylic acids is 1. The number of aryl methyl sites for hydroxylation is 1. The highest BCUT2D eigenvalue weighted by molar-refractivity contribution is 7.78. The molecule has 1 saturated heterocycles. The molecule has 2 unspecified atom stereocenters. The number of nitrogens with zero attached hydrogens (tertiary/aromatic N) is 2. The number of nitrogens with one attached hydrogen (secondary N) is 1. The number of hydrogen-bond donors (Lipinski definition) is 2. The van der Waals surface area contributed by atoms with E-state index in [0.29, 0.717) is 17.7 Å². The van der Waals surface area contributed by atoms with E-state index in [9.17, 15) is 13.6 Å². The lowest BCUT2D eigenvalue weighted by Gasteiger charge is -2.25. The zero-order valence-electron chi connectivity index (χ0n) is 18.4. The van der Waals surface area contributed by atoms with Gasteiger partial charge in [-0.05, 0) is 63.8 Å². The summed E-state index contributed by atoms with van der Waals surface area (Å²) in [7, 11) is 0. The summed E-state index contributed by atoms with van der Waals surface area (Å²) in [5.41, 5.74) is 4.97. The van der Waals surface area contributed by atoms with E-state index in [0.717, 1.165) is 10.6 Å². The Kier molecular flexibility index (Phi) is 7.67. The van der Waals surface area contributed by atoms with Crippen molar-refractivity contribution >= 4 is 19.2 Å². The van der Waals surface area contributed by atoms with Gasteiger partial charge in [-0.25, -0.2) is 13.2 Å². The van der Waals surface area contributed by atoms with Gasteiger partial charge in [0, 0.05) is 11.3 Å². The molecule has 2 aliphatic rings. The van der Waals surface area contributed by atoms with Gasteiger partial charge in [0.2, 0.25) is 6.41 Å². The maximum Gasteiger partial charge on any atom is 0.283 e. The molecule has 1 amide bonds. The molecule has 172 valence electrons. The zero-order valence-corrected chi connectivity index (χ0v) is 19.3. The molecule has 1 aliphatic heterocycles. The first-order valence-electron chi connectivity index (χ1n) is 10.5. The Balaban J connectivity index is 0.000000416. The van der Waals surface area contributed by atoms with Gasteiger partial charge >= 0.3 is 0 Å². The lowest BCUT2D eigenvalue weighted by molar-refractivity contribution is -0.120. The summed E-state index contributed by atoms with van der Waals surface area (Å²) in [6.07, 6.45) is 3.02. The number of benzene rings is 1. The van der Waals surface area contributed by atoms with Gasteiger partial charge in [0.25, 0.3) is 5.92 Å². The maximum atomic E-state index is 15.0. The molecule has 2 heterocycles. The molecular formula is C24H28F3N3OS. The van der Waals surface area contributed by atoms with Crippen LogP contribution in [0, 0.1) is 12.7 Å². The third-order valence-corrected chi connectivity index (χ3v) is 6.49. The van der Waals surface area contributed by atoms with Crippen LogP contribution in [0.3, 0.4) is 0 Å². The molecule has 4 nitrogen and oxygen atoms in total. The van der Waals surface area contributed by atoms with Crippen molar-refractivity contribution in [3.8, 4) is 11.3 Å². The van der Waals surface area contributed by atoms with E-state index in [1.165, 1.54) is 18.9 Å². The molecule has 0 bridgehead atoms. The van der Waals surface area contributed by atoms with Crippen molar-refractivity contribution in [2.45, 2.75) is 58.0 Å². The van der Waals surface area contributed by atoms with Crippen molar-refractivity contribution in [2.75, 3.05) is 6.54 Å². The molecule has 0 spiro atoms.